The van der Waals surface area contributed by atoms with E-state index in [1.54, 1.807) is 0 Å². The molecule has 3 N–H and O–H groups in total. The van der Waals surface area contributed by atoms with Crippen molar-refractivity contribution in [1.29, 1.82) is 0 Å². The third-order valence-corrected chi connectivity index (χ3v) is 5.71. The van der Waals surface area contributed by atoms with E-state index in [2.05, 4.69) is 20.6 Å². The zero-order valence-electron chi connectivity index (χ0n) is 15.9. The van der Waals surface area contributed by atoms with E-state index >= 15 is 0 Å². The Bertz CT molecular complexity index is 846. The van der Waals surface area contributed by atoms with Crippen molar-refractivity contribution in [2.24, 2.45) is 17.6 Å². The van der Waals surface area contributed by atoms with Gasteiger partial charge in [-0.15, -0.1) is 29.9 Å². The van der Waals surface area contributed by atoms with Crippen LogP contribution < -0.4 is 11.1 Å². The standard InChI is InChI=1S/C18H21F3N6O.2ClH/c19-18(20,21)12-4-5-15(23-8-12)27-9-14(25-26-27)17(28)24-16-10-2-1-3-11(16)7-13(22)6-10;;/h4-5,8-11,13,16H,1-3,6-7,22H2,(H,24,28);2*1H. The molecule has 2 fully saturated rings. The van der Waals surface area contributed by atoms with Crippen LogP contribution in [0.3, 0.4) is 0 Å². The summed E-state index contributed by atoms with van der Waals surface area (Å²) in [5.41, 5.74) is 5.37. The number of halogens is 5. The van der Waals surface area contributed by atoms with Crippen molar-refractivity contribution < 1.29 is 18.0 Å². The Labute approximate surface area is 183 Å². The first-order valence-corrected chi connectivity index (χ1v) is 9.33. The quantitative estimate of drug-likeness (QED) is 0.723. The van der Waals surface area contributed by atoms with Crippen LogP contribution in [-0.4, -0.2) is 38.0 Å². The number of amides is 1. The average Bonchev–Trinajstić information content (AvgIpc) is 3.12. The Morgan fingerprint density at radius 2 is 1.83 bits per heavy atom. The van der Waals surface area contributed by atoms with Gasteiger partial charge in [-0.2, -0.15) is 13.2 Å². The minimum absolute atomic E-state index is 0. The predicted molar refractivity (Wildman–Crippen MR) is 108 cm³/mol. The van der Waals surface area contributed by atoms with Gasteiger partial charge in [0.2, 0.25) is 0 Å². The minimum atomic E-state index is -4.46. The Balaban J connectivity index is 0.00000160. The van der Waals surface area contributed by atoms with Gasteiger partial charge >= 0.3 is 6.18 Å². The molecule has 166 valence electrons. The van der Waals surface area contributed by atoms with Crippen LogP contribution in [0.5, 0.6) is 0 Å². The second-order valence-electron chi connectivity index (χ2n) is 7.63. The highest BCUT2D eigenvalue weighted by Crippen LogP contribution is 2.39. The van der Waals surface area contributed by atoms with Gasteiger partial charge in [-0.1, -0.05) is 11.6 Å². The normalized spacial score (nSPS) is 25.6. The van der Waals surface area contributed by atoms with E-state index in [-0.39, 0.29) is 54.3 Å². The van der Waals surface area contributed by atoms with Crippen molar-refractivity contribution in [3.05, 3.63) is 35.8 Å². The number of alkyl halides is 3. The summed E-state index contributed by atoms with van der Waals surface area (Å²) >= 11 is 0. The first-order chi connectivity index (χ1) is 13.3. The number of nitrogens with two attached hydrogens (primary N) is 1. The lowest BCUT2D eigenvalue weighted by Gasteiger charge is -2.45. The third-order valence-electron chi connectivity index (χ3n) is 5.71. The van der Waals surface area contributed by atoms with Crippen molar-refractivity contribution in [3.8, 4) is 5.82 Å². The number of aromatic nitrogens is 4. The molecule has 7 nitrogen and oxygen atoms in total. The van der Waals surface area contributed by atoms with Gasteiger partial charge in [0.05, 0.1) is 11.8 Å². The largest absolute Gasteiger partial charge is 0.417 e. The fraction of sp³-hybridized carbons (Fsp3) is 0.556. The third kappa shape index (κ3) is 5.04. The molecule has 1 amide bonds. The Morgan fingerprint density at radius 3 is 2.40 bits per heavy atom. The van der Waals surface area contributed by atoms with Crippen LogP contribution in [0.25, 0.3) is 5.82 Å². The summed E-state index contributed by atoms with van der Waals surface area (Å²) in [6.07, 6.45) is 2.71. The number of fused-ring (bicyclic) bond motifs is 2. The van der Waals surface area contributed by atoms with Crippen molar-refractivity contribution in [1.82, 2.24) is 25.3 Å². The molecule has 2 saturated carbocycles. The van der Waals surface area contributed by atoms with Gasteiger partial charge in [0.25, 0.3) is 5.91 Å². The first kappa shape index (κ1) is 24.4. The zero-order chi connectivity index (χ0) is 19.9. The zero-order valence-corrected chi connectivity index (χ0v) is 17.5. The summed E-state index contributed by atoms with van der Waals surface area (Å²) in [6.45, 7) is 0. The van der Waals surface area contributed by atoms with Crippen molar-refractivity contribution in [2.75, 3.05) is 0 Å². The topological polar surface area (TPSA) is 98.7 Å². The summed E-state index contributed by atoms with van der Waals surface area (Å²) in [6, 6.07) is 2.37. The lowest BCUT2D eigenvalue weighted by molar-refractivity contribution is -0.137. The highest BCUT2D eigenvalue weighted by molar-refractivity contribution is 5.92. The summed E-state index contributed by atoms with van der Waals surface area (Å²) in [5.74, 6) is 0.562. The molecular weight excluding hydrogens is 444 g/mol. The molecule has 2 bridgehead atoms. The number of nitrogens with zero attached hydrogens (tertiary/aromatic N) is 4. The Hall–Kier alpha value is -1.91. The monoisotopic (exact) mass is 466 g/mol. The molecule has 4 rings (SSSR count). The lowest BCUT2D eigenvalue weighted by Crippen LogP contribution is -2.53. The highest BCUT2D eigenvalue weighted by Gasteiger charge is 2.40. The molecule has 2 aromatic heterocycles. The summed E-state index contributed by atoms with van der Waals surface area (Å²) in [7, 11) is 0. The van der Waals surface area contributed by atoms with Crippen LogP contribution in [-0.2, 0) is 6.18 Å². The molecule has 2 aliphatic rings. The molecule has 2 aromatic rings. The summed E-state index contributed by atoms with van der Waals surface area (Å²) in [5, 5.41) is 10.7. The smallest absolute Gasteiger partial charge is 0.347 e. The van der Waals surface area contributed by atoms with Crippen LogP contribution in [0.2, 0.25) is 0 Å². The maximum absolute atomic E-state index is 12.6. The van der Waals surface area contributed by atoms with Crippen molar-refractivity contribution >= 4 is 30.7 Å². The van der Waals surface area contributed by atoms with Gasteiger partial charge in [-0.3, -0.25) is 4.79 Å². The second kappa shape index (κ2) is 9.49. The summed E-state index contributed by atoms with van der Waals surface area (Å²) < 4.78 is 39.1. The number of rotatable bonds is 3. The van der Waals surface area contributed by atoms with E-state index in [1.807, 2.05) is 0 Å². The average molecular weight is 467 g/mol. The van der Waals surface area contributed by atoms with Crippen LogP contribution in [0.15, 0.2) is 24.5 Å². The molecule has 0 aromatic carbocycles. The minimum Gasteiger partial charge on any atom is -0.347 e. The van der Waals surface area contributed by atoms with Gasteiger partial charge in [-0.25, -0.2) is 9.67 Å². The SMILES string of the molecule is Cl.Cl.NC1CC2CCCC(C1)C2NC(=O)c1cn(-c2ccc(C(F)(F)F)cn2)nn1. The van der Waals surface area contributed by atoms with Gasteiger partial charge in [0.1, 0.15) is 0 Å². The van der Waals surface area contributed by atoms with Crippen LogP contribution in [0, 0.1) is 11.8 Å². The second-order valence-corrected chi connectivity index (χ2v) is 7.63. The molecule has 30 heavy (non-hydrogen) atoms. The molecule has 2 heterocycles. The fourth-order valence-electron chi connectivity index (χ4n) is 4.42. The van der Waals surface area contributed by atoms with Gasteiger partial charge < -0.3 is 11.1 Å². The van der Waals surface area contributed by atoms with E-state index in [0.717, 1.165) is 44.4 Å². The molecule has 2 unspecified atom stereocenters. The molecule has 12 heteroatoms. The molecular formula is C18H23Cl2F3N6O. The van der Waals surface area contributed by atoms with E-state index in [4.69, 9.17) is 5.73 Å². The number of carbonyl (C=O) groups excluding carboxylic acids is 1. The molecule has 0 radical (unpaired) electrons. The molecule has 2 atom stereocenters. The Kier molecular flexibility index (Phi) is 7.70. The van der Waals surface area contributed by atoms with Gasteiger partial charge in [-0.05, 0) is 49.7 Å². The van der Waals surface area contributed by atoms with Crippen molar-refractivity contribution in [2.45, 2.75) is 50.4 Å². The number of carbonyl (C=O) groups is 1. The number of hydrogen-bond donors (Lipinski definition) is 2. The lowest BCUT2D eigenvalue weighted by atomic mass is 9.67. The number of hydrogen-bond acceptors (Lipinski definition) is 5. The van der Waals surface area contributed by atoms with Crippen LogP contribution in [0.4, 0.5) is 13.2 Å². The maximum Gasteiger partial charge on any atom is 0.417 e. The van der Waals surface area contributed by atoms with E-state index in [0.29, 0.717) is 11.8 Å². The van der Waals surface area contributed by atoms with Crippen LogP contribution >= 0.6 is 24.8 Å². The maximum atomic E-state index is 12.6. The van der Waals surface area contributed by atoms with Crippen molar-refractivity contribution in [3.63, 3.8) is 0 Å². The van der Waals surface area contributed by atoms with E-state index in [1.165, 1.54) is 16.9 Å². The number of nitrogens with one attached hydrogen (secondary N) is 1. The first-order valence-electron chi connectivity index (χ1n) is 9.33. The predicted octanol–water partition coefficient (Wildman–Crippen LogP) is 3.16. The van der Waals surface area contributed by atoms with E-state index < -0.39 is 11.7 Å². The van der Waals surface area contributed by atoms with E-state index in [9.17, 15) is 18.0 Å². The van der Waals surface area contributed by atoms with Crippen LogP contribution in [0.1, 0.15) is 48.2 Å². The highest BCUT2D eigenvalue weighted by atomic mass is 35.5. The number of pyridine rings is 1. The van der Waals surface area contributed by atoms with Gasteiger partial charge in [0, 0.05) is 18.3 Å². The molecule has 0 spiro atoms. The van der Waals surface area contributed by atoms with Gasteiger partial charge in [0.15, 0.2) is 11.5 Å². The molecule has 2 aliphatic carbocycles. The Morgan fingerprint density at radius 1 is 1.17 bits per heavy atom. The molecule has 0 aliphatic heterocycles. The summed E-state index contributed by atoms with van der Waals surface area (Å²) in [4.78, 5) is 16.4. The fourth-order valence-corrected chi connectivity index (χ4v) is 4.42. The molecule has 0 saturated heterocycles.